The molecule has 45 heavy (non-hydrogen) atoms. The number of alkyl halides is 3. The molecule has 242 valence electrons. The van der Waals surface area contributed by atoms with E-state index in [0.29, 0.717) is 25.9 Å². The van der Waals surface area contributed by atoms with Crippen molar-refractivity contribution in [1.82, 2.24) is 30.2 Å². The summed E-state index contributed by atoms with van der Waals surface area (Å²) in [5.74, 6) is -4.75. The molecule has 14 nitrogen and oxygen atoms in total. The minimum absolute atomic E-state index is 0.0496. The van der Waals surface area contributed by atoms with Gasteiger partial charge in [0, 0.05) is 39.0 Å². The summed E-state index contributed by atoms with van der Waals surface area (Å²) in [6.07, 6.45) is -4.19. The smallest absolute Gasteiger partial charge is 0.490 e. The first-order chi connectivity index (χ1) is 21.3. The van der Waals surface area contributed by atoms with E-state index in [1.807, 2.05) is 11.8 Å². The van der Waals surface area contributed by atoms with Crippen LogP contribution in [0.4, 0.5) is 13.2 Å². The second kappa shape index (κ2) is 14.1. The number of fused-ring (bicyclic) bond motifs is 1. The fourth-order valence-electron chi connectivity index (χ4n) is 4.92. The number of carboxylic acids is 1. The van der Waals surface area contributed by atoms with Gasteiger partial charge in [0.25, 0.3) is 11.8 Å². The molecule has 0 saturated carbocycles. The van der Waals surface area contributed by atoms with Crippen LogP contribution in [0, 0.1) is 6.92 Å². The molecule has 1 unspecified atom stereocenters. The Hall–Kier alpha value is -4.45. The predicted molar refractivity (Wildman–Crippen MR) is 148 cm³/mol. The van der Waals surface area contributed by atoms with Gasteiger partial charge in [0.15, 0.2) is 0 Å². The summed E-state index contributed by atoms with van der Waals surface area (Å²) in [4.78, 5) is 76.4. The molecule has 18 heteroatoms. The number of aromatic nitrogens is 2. The van der Waals surface area contributed by atoms with Crippen LogP contribution < -0.4 is 10.1 Å². The topological polar surface area (TPSA) is 179 Å². The SMILES string of the molecule is Cc1nnc(CN2CCN(C(=O)CCCOc3cccc4c3C(=O)N(C3CCC(=O)NC3=O)C4=O)CC2)s1.O=C(O)C(F)(F)F. The van der Waals surface area contributed by atoms with E-state index in [-0.39, 0.29) is 42.2 Å². The van der Waals surface area contributed by atoms with E-state index in [1.54, 1.807) is 23.5 Å². The summed E-state index contributed by atoms with van der Waals surface area (Å²) in [6, 6.07) is 3.69. The summed E-state index contributed by atoms with van der Waals surface area (Å²) in [7, 11) is 0. The summed E-state index contributed by atoms with van der Waals surface area (Å²) in [6.45, 7) is 5.71. The van der Waals surface area contributed by atoms with E-state index >= 15 is 0 Å². The molecule has 2 saturated heterocycles. The molecule has 3 aliphatic rings. The number of amides is 5. The van der Waals surface area contributed by atoms with Crippen LogP contribution in [0.3, 0.4) is 0 Å². The number of ether oxygens (including phenoxy) is 1. The van der Waals surface area contributed by atoms with Crippen LogP contribution in [0.15, 0.2) is 18.2 Å². The third kappa shape index (κ3) is 8.18. The van der Waals surface area contributed by atoms with E-state index in [0.717, 1.165) is 34.5 Å². The Labute approximate surface area is 258 Å². The molecule has 2 aromatic rings. The molecule has 0 radical (unpaired) electrons. The average molecular weight is 655 g/mol. The lowest BCUT2D eigenvalue weighted by Crippen LogP contribution is -2.54. The molecule has 2 fully saturated rings. The molecule has 0 spiro atoms. The molecule has 1 atom stereocenters. The van der Waals surface area contributed by atoms with Crippen molar-refractivity contribution >= 4 is 46.8 Å². The first kappa shape index (κ1) is 33.4. The van der Waals surface area contributed by atoms with Gasteiger partial charge in [0.2, 0.25) is 17.7 Å². The fourth-order valence-corrected chi connectivity index (χ4v) is 5.67. The number of halogens is 3. The third-order valence-corrected chi connectivity index (χ3v) is 7.94. The zero-order chi connectivity index (χ0) is 32.9. The normalized spacial score (nSPS) is 18.7. The van der Waals surface area contributed by atoms with Crippen molar-refractivity contribution in [3.8, 4) is 5.75 Å². The molecule has 1 aromatic carbocycles. The van der Waals surface area contributed by atoms with E-state index in [9.17, 15) is 37.1 Å². The minimum atomic E-state index is -5.08. The van der Waals surface area contributed by atoms with Crippen LogP contribution in [0.5, 0.6) is 5.75 Å². The number of piperidine rings is 1. The van der Waals surface area contributed by atoms with E-state index in [4.69, 9.17) is 14.6 Å². The Balaban J connectivity index is 0.000000591. The standard InChI is InChI=1S/C25H28N6O6S.C2HF3O2/c1-15-27-28-20(38-15)14-29-9-11-30(12-10-29)21(33)6-3-13-37-18-5-2-4-16-22(18)25(36)31(24(16)35)17-7-8-19(32)26-23(17)34;3-2(4,5)1(6)7/h2,4-5,17H,3,6-14H2,1H3,(H,26,32,34);(H,6,7). The molecule has 2 N–H and O–H groups in total. The summed E-state index contributed by atoms with van der Waals surface area (Å²) < 4.78 is 37.6. The van der Waals surface area contributed by atoms with Gasteiger partial charge in [0.1, 0.15) is 21.8 Å². The average Bonchev–Trinajstić information content (AvgIpc) is 3.51. The van der Waals surface area contributed by atoms with Gasteiger partial charge in [-0.05, 0) is 31.9 Å². The van der Waals surface area contributed by atoms with Gasteiger partial charge >= 0.3 is 12.1 Å². The molecular weight excluding hydrogens is 625 g/mol. The van der Waals surface area contributed by atoms with Gasteiger partial charge < -0.3 is 14.7 Å². The van der Waals surface area contributed by atoms with Crippen molar-refractivity contribution in [1.29, 1.82) is 0 Å². The van der Waals surface area contributed by atoms with Crippen molar-refractivity contribution in [2.24, 2.45) is 0 Å². The van der Waals surface area contributed by atoms with Gasteiger partial charge in [-0.25, -0.2) is 4.79 Å². The zero-order valence-electron chi connectivity index (χ0n) is 24.0. The van der Waals surface area contributed by atoms with Crippen molar-refractivity contribution in [2.75, 3.05) is 32.8 Å². The number of aryl methyl sites for hydroxylation is 1. The maximum atomic E-state index is 13.1. The maximum absolute atomic E-state index is 13.1. The van der Waals surface area contributed by atoms with E-state index in [1.165, 1.54) is 6.07 Å². The van der Waals surface area contributed by atoms with Gasteiger partial charge in [0.05, 0.1) is 24.3 Å². The number of carboxylic acid groups (broad SMARTS) is 1. The molecule has 4 heterocycles. The van der Waals surface area contributed by atoms with Gasteiger partial charge in [-0.2, -0.15) is 13.2 Å². The van der Waals surface area contributed by atoms with Gasteiger partial charge in [-0.3, -0.25) is 39.1 Å². The molecule has 0 bridgehead atoms. The Morgan fingerprint density at radius 3 is 2.38 bits per heavy atom. The van der Waals surface area contributed by atoms with Crippen LogP contribution in [0.25, 0.3) is 0 Å². The number of nitrogens with one attached hydrogen (secondary N) is 1. The number of hydrogen-bond donors (Lipinski definition) is 2. The number of hydrogen-bond acceptors (Lipinski definition) is 11. The number of carbonyl (C=O) groups is 6. The number of imide groups is 2. The number of piperazine rings is 1. The molecule has 1 aromatic heterocycles. The van der Waals surface area contributed by atoms with Crippen molar-refractivity contribution < 1.29 is 51.8 Å². The number of carbonyl (C=O) groups excluding carboxylic acids is 5. The second-order valence-electron chi connectivity index (χ2n) is 10.3. The van der Waals surface area contributed by atoms with E-state index in [2.05, 4.69) is 20.4 Å². The molecular formula is C27H29F3N6O8S. The van der Waals surface area contributed by atoms with Crippen molar-refractivity contribution in [3.63, 3.8) is 0 Å². The largest absolute Gasteiger partial charge is 0.493 e. The quantitative estimate of drug-likeness (QED) is 0.310. The number of benzene rings is 1. The molecule has 5 amide bonds. The lowest BCUT2D eigenvalue weighted by molar-refractivity contribution is -0.192. The highest BCUT2D eigenvalue weighted by molar-refractivity contribution is 7.11. The fraction of sp³-hybridized carbons (Fsp3) is 0.481. The Bertz CT molecular complexity index is 1490. The van der Waals surface area contributed by atoms with E-state index < -0.39 is 41.8 Å². The van der Waals surface area contributed by atoms with Crippen LogP contribution in [-0.2, 0) is 25.7 Å². The Kier molecular flexibility index (Phi) is 10.5. The number of rotatable bonds is 8. The Morgan fingerprint density at radius 2 is 1.78 bits per heavy atom. The summed E-state index contributed by atoms with van der Waals surface area (Å²) in [5, 5.41) is 19.4. The Morgan fingerprint density at radius 1 is 1.09 bits per heavy atom. The first-order valence-electron chi connectivity index (χ1n) is 13.8. The van der Waals surface area contributed by atoms with Crippen molar-refractivity contribution in [3.05, 3.63) is 39.3 Å². The van der Waals surface area contributed by atoms with Crippen LogP contribution in [-0.4, -0.2) is 111 Å². The lowest BCUT2D eigenvalue weighted by Gasteiger charge is -2.34. The maximum Gasteiger partial charge on any atom is 0.490 e. The van der Waals surface area contributed by atoms with Gasteiger partial charge in [-0.15, -0.1) is 21.5 Å². The zero-order valence-corrected chi connectivity index (χ0v) is 24.8. The van der Waals surface area contributed by atoms with Crippen molar-refractivity contribution in [2.45, 2.75) is 51.4 Å². The monoisotopic (exact) mass is 654 g/mol. The number of nitrogens with zero attached hydrogens (tertiary/aromatic N) is 5. The number of aliphatic carboxylic acids is 1. The second-order valence-corrected chi connectivity index (χ2v) is 11.5. The highest BCUT2D eigenvalue weighted by atomic mass is 32.1. The lowest BCUT2D eigenvalue weighted by atomic mass is 10.0. The van der Waals surface area contributed by atoms with Gasteiger partial charge in [-0.1, -0.05) is 6.07 Å². The first-order valence-corrected chi connectivity index (χ1v) is 14.6. The van der Waals surface area contributed by atoms with Crippen LogP contribution >= 0.6 is 11.3 Å². The third-order valence-electron chi connectivity index (χ3n) is 7.12. The molecule has 3 aliphatic heterocycles. The summed E-state index contributed by atoms with van der Waals surface area (Å²) in [5.41, 5.74) is 0.269. The minimum Gasteiger partial charge on any atom is -0.493 e. The molecule has 0 aliphatic carbocycles. The summed E-state index contributed by atoms with van der Waals surface area (Å²) >= 11 is 1.58. The van der Waals surface area contributed by atoms with Crippen LogP contribution in [0.1, 0.15) is 56.4 Å². The molecule has 5 rings (SSSR count). The highest BCUT2D eigenvalue weighted by Gasteiger charge is 2.46. The highest BCUT2D eigenvalue weighted by Crippen LogP contribution is 2.33. The van der Waals surface area contributed by atoms with Crippen LogP contribution in [0.2, 0.25) is 0 Å². The predicted octanol–water partition coefficient (Wildman–Crippen LogP) is 1.38.